The molecule has 0 aliphatic heterocycles. The van der Waals surface area contributed by atoms with Gasteiger partial charge in [0.25, 0.3) is 5.91 Å². The van der Waals surface area contributed by atoms with Crippen molar-refractivity contribution < 1.29 is 4.79 Å². The minimum Gasteiger partial charge on any atom is -0.306 e. The van der Waals surface area contributed by atoms with E-state index in [1.54, 1.807) is 36.5 Å². The predicted octanol–water partition coefficient (Wildman–Crippen LogP) is 4.51. The summed E-state index contributed by atoms with van der Waals surface area (Å²) in [6.07, 6.45) is 1.61. The Bertz CT molecular complexity index is 604. The highest BCUT2D eigenvalue weighted by Gasteiger charge is 2.12. The molecule has 0 aliphatic rings. The zero-order valence-corrected chi connectivity index (χ0v) is 12.9. The van der Waals surface area contributed by atoms with Crippen molar-refractivity contribution in [3.63, 3.8) is 0 Å². The number of nitrogens with one attached hydrogen (secondary N) is 1. The highest BCUT2D eigenvalue weighted by atomic mass is 79.9. The number of anilines is 1. The maximum Gasteiger partial charge on any atom is 0.257 e. The van der Waals surface area contributed by atoms with Crippen molar-refractivity contribution in [1.82, 2.24) is 4.98 Å². The van der Waals surface area contributed by atoms with Crippen LogP contribution in [0.15, 0.2) is 45.5 Å². The smallest absolute Gasteiger partial charge is 0.257 e. The summed E-state index contributed by atoms with van der Waals surface area (Å²) in [5.74, 6) is 0.224. The molecule has 0 fully saturated rings. The number of hydrogen-bond donors (Lipinski definition) is 1. The first-order valence-electron chi connectivity index (χ1n) is 4.95. The van der Waals surface area contributed by atoms with Crippen molar-refractivity contribution in [1.29, 1.82) is 0 Å². The Morgan fingerprint density at radius 2 is 2.00 bits per heavy atom. The zero-order chi connectivity index (χ0) is 13.1. The van der Waals surface area contributed by atoms with Gasteiger partial charge < -0.3 is 5.32 Å². The SMILES string of the molecule is O=C(Nc1ncccc1Br)c1ccc(Cl)cc1Br. The second kappa shape index (κ2) is 5.82. The summed E-state index contributed by atoms with van der Waals surface area (Å²) < 4.78 is 1.36. The largest absolute Gasteiger partial charge is 0.306 e. The van der Waals surface area contributed by atoms with Crippen molar-refractivity contribution in [2.24, 2.45) is 0 Å². The molecule has 1 aromatic carbocycles. The number of halogens is 3. The van der Waals surface area contributed by atoms with Gasteiger partial charge in [-0.05, 0) is 62.2 Å². The fourth-order valence-corrected chi connectivity index (χ4v) is 2.54. The third kappa shape index (κ3) is 3.10. The Morgan fingerprint density at radius 1 is 1.22 bits per heavy atom. The van der Waals surface area contributed by atoms with Gasteiger partial charge in [-0.25, -0.2) is 4.98 Å². The minimum atomic E-state index is -0.252. The van der Waals surface area contributed by atoms with E-state index in [4.69, 9.17) is 11.6 Å². The van der Waals surface area contributed by atoms with Crippen LogP contribution >= 0.6 is 43.5 Å². The molecule has 1 amide bonds. The molecule has 0 spiro atoms. The van der Waals surface area contributed by atoms with Crippen LogP contribution in [0.3, 0.4) is 0 Å². The van der Waals surface area contributed by atoms with Gasteiger partial charge in [-0.1, -0.05) is 11.6 Å². The quantitative estimate of drug-likeness (QED) is 0.820. The molecule has 1 N–H and O–H groups in total. The molecular weight excluding hydrogens is 383 g/mol. The van der Waals surface area contributed by atoms with Crippen LogP contribution < -0.4 is 5.32 Å². The van der Waals surface area contributed by atoms with E-state index in [-0.39, 0.29) is 5.91 Å². The van der Waals surface area contributed by atoms with Gasteiger partial charge in [-0.3, -0.25) is 4.79 Å². The van der Waals surface area contributed by atoms with E-state index in [1.165, 1.54) is 0 Å². The van der Waals surface area contributed by atoms with Crippen LogP contribution in [-0.2, 0) is 0 Å². The minimum absolute atomic E-state index is 0.252. The molecule has 0 saturated carbocycles. The lowest BCUT2D eigenvalue weighted by atomic mass is 10.2. The monoisotopic (exact) mass is 388 g/mol. The van der Waals surface area contributed by atoms with Crippen molar-refractivity contribution in [3.05, 3.63) is 56.1 Å². The van der Waals surface area contributed by atoms with E-state index in [9.17, 15) is 4.79 Å². The molecule has 0 atom stereocenters. The van der Waals surface area contributed by atoms with E-state index in [0.29, 0.717) is 20.9 Å². The van der Waals surface area contributed by atoms with Crippen molar-refractivity contribution in [2.45, 2.75) is 0 Å². The number of carbonyl (C=O) groups excluding carboxylic acids is 1. The Balaban J connectivity index is 2.25. The molecule has 92 valence electrons. The van der Waals surface area contributed by atoms with Gasteiger partial charge in [0.1, 0.15) is 5.82 Å². The van der Waals surface area contributed by atoms with Crippen LogP contribution in [0.4, 0.5) is 5.82 Å². The topological polar surface area (TPSA) is 42.0 Å². The first kappa shape index (κ1) is 13.5. The molecular formula is C12H7Br2ClN2O. The average Bonchev–Trinajstić information content (AvgIpc) is 2.32. The summed E-state index contributed by atoms with van der Waals surface area (Å²) in [5.41, 5.74) is 0.497. The molecule has 0 unspecified atom stereocenters. The summed E-state index contributed by atoms with van der Waals surface area (Å²) >= 11 is 12.4. The second-order valence-electron chi connectivity index (χ2n) is 3.41. The van der Waals surface area contributed by atoms with Crippen LogP contribution in [0.5, 0.6) is 0 Å². The first-order valence-corrected chi connectivity index (χ1v) is 6.91. The lowest BCUT2D eigenvalue weighted by Gasteiger charge is -2.07. The normalized spacial score (nSPS) is 10.2. The van der Waals surface area contributed by atoms with E-state index in [1.807, 2.05) is 0 Å². The summed E-state index contributed by atoms with van der Waals surface area (Å²) in [6.45, 7) is 0. The predicted molar refractivity (Wildman–Crippen MR) is 79.0 cm³/mol. The summed E-state index contributed by atoms with van der Waals surface area (Å²) in [6, 6.07) is 8.56. The van der Waals surface area contributed by atoms with Crippen molar-refractivity contribution in [3.8, 4) is 0 Å². The number of hydrogen-bond acceptors (Lipinski definition) is 2. The molecule has 0 radical (unpaired) electrons. The van der Waals surface area contributed by atoms with Gasteiger partial charge in [-0.2, -0.15) is 0 Å². The Morgan fingerprint density at radius 3 is 2.67 bits per heavy atom. The van der Waals surface area contributed by atoms with E-state index in [2.05, 4.69) is 42.2 Å². The van der Waals surface area contributed by atoms with Crippen LogP contribution in [0.25, 0.3) is 0 Å². The summed E-state index contributed by atoms with van der Waals surface area (Å²) in [7, 11) is 0. The molecule has 3 nitrogen and oxygen atoms in total. The number of carbonyl (C=O) groups is 1. The second-order valence-corrected chi connectivity index (χ2v) is 5.56. The molecule has 0 aliphatic carbocycles. The average molecular weight is 390 g/mol. The number of aromatic nitrogens is 1. The molecule has 2 rings (SSSR count). The third-order valence-electron chi connectivity index (χ3n) is 2.17. The number of rotatable bonds is 2. The van der Waals surface area contributed by atoms with Crippen LogP contribution in [0.2, 0.25) is 5.02 Å². The summed E-state index contributed by atoms with van der Waals surface area (Å²) in [4.78, 5) is 16.1. The lowest BCUT2D eigenvalue weighted by Crippen LogP contribution is -2.13. The highest BCUT2D eigenvalue weighted by Crippen LogP contribution is 2.24. The third-order valence-corrected chi connectivity index (χ3v) is 3.70. The molecule has 0 bridgehead atoms. The number of benzene rings is 1. The Kier molecular flexibility index (Phi) is 4.37. The van der Waals surface area contributed by atoms with E-state index in [0.717, 1.165) is 4.47 Å². The van der Waals surface area contributed by atoms with Gasteiger partial charge in [0.05, 0.1) is 10.0 Å². The summed E-state index contributed by atoms with van der Waals surface area (Å²) in [5, 5.41) is 3.28. The molecule has 1 heterocycles. The van der Waals surface area contributed by atoms with Crippen LogP contribution in [0, 0.1) is 0 Å². The van der Waals surface area contributed by atoms with Crippen LogP contribution in [-0.4, -0.2) is 10.9 Å². The molecule has 1 aromatic heterocycles. The van der Waals surface area contributed by atoms with Crippen molar-refractivity contribution >= 4 is 55.2 Å². The van der Waals surface area contributed by atoms with E-state index >= 15 is 0 Å². The number of pyridine rings is 1. The maximum atomic E-state index is 12.1. The Labute approximate surface area is 126 Å². The van der Waals surface area contributed by atoms with Crippen molar-refractivity contribution in [2.75, 3.05) is 5.32 Å². The molecule has 2 aromatic rings. The van der Waals surface area contributed by atoms with Gasteiger partial charge in [0.2, 0.25) is 0 Å². The number of amides is 1. The van der Waals surface area contributed by atoms with E-state index < -0.39 is 0 Å². The highest BCUT2D eigenvalue weighted by molar-refractivity contribution is 9.11. The Hall–Kier alpha value is -0.910. The zero-order valence-electron chi connectivity index (χ0n) is 8.95. The molecule has 6 heteroatoms. The van der Waals surface area contributed by atoms with Gasteiger partial charge in [0.15, 0.2) is 0 Å². The van der Waals surface area contributed by atoms with Crippen LogP contribution in [0.1, 0.15) is 10.4 Å². The van der Waals surface area contributed by atoms with Gasteiger partial charge >= 0.3 is 0 Å². The first-order chi connectivity index (χ1) is 8.58. The van der Waals surface area contributed by atoms with Gasteiger partial charge in [0, 0.05) is 15.7 Å². The fraction of sp³-hybridized carbons (Fsp3) is 0. The standard InChI is InChI=1S/C12H7Br2ClN2O/c13-9-2-1-5-16-11(9)17-12(18)8-4-3-7(15)6-10(8)14/h1-6H,(H,16,17,18). The maximum absolute atomic E-state index is 12.1. The number of nitrogens with zero attached hydrogens (tertiary/aromatic N) is 1. The van der Waals surface area contributed by atoms with Gasteiger partial charge in [-0.15, -0.1) is 0 Å². The molecule has 18 heavy (non-hydrogen) atoms. The molecule has 0 saturated heterocycles. The fourth-order valence-electron chi connectivity index (χ4n) is 1.33. The lowest BCUT2D eigenvalue weighted by molar-refractivity contribution is 0.102.